The Balaban J connectivity index is 1.92. The van der Waals surface area contributed by atoms with Crippen molar-refractivity contribution >= 4 is 27.6 Å². The molecule has 0 atom stereocenters. The lowest BCUT2D eigenvalue weighted by Gasteiger charge is -2.23. The van der Waals surface area contributed by atoms with Crippen molar-refractivity contribution in [2.24, 2.45) is 0 Å². The molecule has 1 amide bonds. The molecule has 0 heterocycles. The van der Waals surface area contributed by atoms with Gasteiger partial charge < -0.3 is 14.4 Å². The van der Waals surface area contributed by atoms with Crippen LogP contribution in [0.25, 0.3) is 0 Å². The van der Waals surface area contributed by atoms with Crippen molar-refractivity contribution in [2.45, 2.75) is 20.1 Å². The predicted molar refractivity (Wildman–Crippen MR) is 114 cm³/mol. The van der Waals surface area contributed by atoms with E-state index in [1.54, 1.807) is 31.2 Å². The number of hydrogen-bond donors (Lipinski definition) is 0. The number of carbonyl (C=O) groups excluding carboxylic acids is 2. The molecule has 0 aliphatic rings. The van der Waals surface area contributed by atoms with Crippen molar-refractivity contribution < 1.29 is 36.3 Å². The fourth-order valence-corrected chi connectivity index (χ4v) is 3.68. The molecule has 0 saturated carbocycles. The van der Waals surface area contributed by atoms with Gasteiger partial charge in [-0.2, -0.15) is 8.78 Å². The normalized spacial score (nSPS) is 11.2. The fraction of sp³-hybridized carbons (Fsp3) is 0.333. The van der Waals surface area contributed by atoms with Crippen LogP contribution in [-0.4, -0.2) is 58.3 Å². The summed E-state index contributed by atoms with van der Waals surface area (Å²) in [5.74, 6) is -1.40. The number of ether oxygens (including phenoxy) is 2. The van der Waals surface area contributed by atoms with Crippen LogP contribution < -0.4 is 9.04 Å². The zero-order valence-electron chi connectivity index (χ0n) is 17.8. The number of amides is 1. The quantitative estimate of drug-likeness (QED) is 0.496. The molecule has 0 fully saturated rings. The number of esters is 1. The van der Waals surface area contributed by atoms with Crippen LogP contribution in [0.4, 0.5) is 14.5 Å². The van der Waals surface area contributed by atoms with Gasteiger partial charge in [-0.25, -0.2) is 8.42 Å². The molecule has 2 aromatic carbocycles. The number of hydrogen-bond acceptors (Lipinski definition) is 6. The highest BCUT2D eigenvalue weighted by atomic mass is 32.2. The number of benzene rings is 2. The van der Waals surface area contributed by atoms with Crippen LogP contribution in [0.5, 0.6) is 5.75 Å². The first-order valence-electron chi connectivity index (χ1n) is 9.44. The lowest BCUT2D eigenvalue weighted by Crippen LogP contribution is -2.38. The lowest BCUT2D eigenvalue weighted by atomic mass is 10.2. The molecule has 11 heteroatoms. The van der Waals surface area contributed by atoms with Gasteiger partial charge in [0.15, 0.2) is 6.61 Å². The molecule has 2 aromatic rings. The van der Waals surface area contributed by atoms with E-state index < -0.39 is 41.7 Å². The molecule has 0 unspecified atom stereocenters. The van der Waals surface area contributed by atoms with Crippen LogP contribution >= 0.6 is 0 Å². The highest BCUT2D eigenvalue weighted by molar-refractivity contribution is 7.92. The van der Waals surface area contributed by atoms with Gasteiger partial charge >= 0.3 is 12.6 Å². The van der Waals surface area contributed by atoms with E-state index in [2.05, 4.69) is 4.74 Å². The number of carbonyl (C=O) groups is 2. The summed E-state index contributed by atoms with van der Waals surface area (Å²) in [6.45, 7) is -2.23. The Labute approximate surface area is 185 Å². The number of halogens is 2. The second kappa shape index (κ2) is 10.9. The summed E-state index contributed by atoms with van der Waals surface area (Å²) in [6.07, 6.45) is 0.975. The van der Waals surface area contributed by atoms with E-state index in [1.807, 2.05) is 0 Å². The SMILES string of the molecule is Cc1ccccc1N(CC(=O)OCC(=O)N(C)Cc1ccc(OC(F)F)cc1)S(C)(=O)=O. The summed E-state index contributed by atoms with van der Waals surface area (Å²) in [6, 6.07) is 12.4. The maximum atomic E-state index is 12.3. The summed E-state index contributed by atoms with van der Waals surface area (Å²) in [7, 11) is -2.28. The van der Waals surface area contributed by atoms with Crippen LogP contribution in [0, 0.1) is 6.92 Å². The molecule has 32 heavy (non-hydrogen) atoms. The number of aryl methyl sites for hydroxylation is 1. The Bertz CT molecular complexity index is 1040. The van der Waals surface area contributed by atoms with Gasteiger partial charge in [-0.1, -0.05) is 30.3 Å². The highest BCUT2D eigenvalue weighted by Crippen LogP contribution is 2.22. The maximum absolute atomic E-state index is 12.3. The van der Waals surface area contributed by atoms with Crippen molar-refractivity contribution in [3.05, 3.63) is 59.7 Å². The summed E-state index contributed by atoms with van der Waals surface area (Å²) >= 11 is 0. The molecule has 0 aliphatic carbocycles. The minimum absolute atomic E-state index is 0.00394. The van der Waals surface area contributed by atoms with Gasteiger partial charge in [0.25, 0.3) is 5.91 Å². The fourth-order valence-electron chi connectivity index (χ4n) is 2.78. The Morgan fingerprint density at radius 3 is 2.25 bits per heavy atom. The number of rotatable bonds is 10. The highest BCUT2D eigenvalue weighted by Gasteiger charge is 2.23. The predicted octanol–water partition coefficient (Wildman–Crippen LogP) is 2.56. The van der Waals surface area contributed by atoms with Gasteiger partial charge in [-0.3, -0.25) is 13.9 Å². The van der Waals surface area contributed by atoms with Crippen molar-refractivity contribution in [2.75, 3.05) is 30.8 Å². The molecular formula is C21H24F2N2O6S. The van der Waals surface area contributed by atoms with Crippen LogP contribution in [0.15, 0.2) is 48.5 Å². The van der Waals surface area contributed by atoms with Gasteiger partial charge in [0.1, 0.15) is 12.3 Å². The third kappa shape index (κ3) is 7.49. The standard InChI is InChI=1S/C21H24F2N2O6S/c1-15-6-4-5-7-18(15)25(32(3,28)29)13-20(27)30-14-19(26)24(2)12-16-8-10-17(11-9-16)31-21(22)23/h4-11,21H,12-14H2,1-3H3. The molecule has 0 saturated heterocycles. The largest absolute Gasteiger partial charge is 0.454 e. The van der Waals surface area contributed by atoms with Gasteiger partial charge in [0.2, 0.25) is 10.0 Å². The monoisotopic (exact) mass is 470 g/mol. The zero-order chi connectivity index (χ0) is 23.9. The van der Waals surface area contributed by atoms with Crippen LogP contribution in [0.3, 0.4) is 0 Å². The van der Waals surface area contributed by atoms with Gasteiger partial charge in [-0.15, -0.1) is 0 Å². The lowest BCUT2D eigenvalue weighted by molar-refractivity contribution is -0.150. The summed E-state index contributed by atoms with van der Waals surface area (Å²) in [4.78, 5) is 25.8. The molecule has 0 N–H and O–H groups in total. The molecule has 0 aromatic heterocycles. The second-order valence-corrected chi connectivity index (χ2v) is 8.90. The average Bonchev–Trinajstić information content (AvgIpc) is 2.71. The molecular weight excluding hydrogens is 446 g/mol. The topological polar surface area (TPSA) is 93.2 Å². The maximum Gasteiger partial charge on any atom is 0.387 e. The van der Waals surface area contributed by atoms with Crippen molar-refractivity contribution in [1.29, 1.82) is 0 Å². The molecule has 0 radical (unpaired) electrons. The van der Waals surface area contributed by atoms with Gasteiger partial charge in [-0.05, 0) is 36.2 Å². The molecule has 8 nitrogen and oxygen atoms in total. The molecule has 2 rings (SSSR count). The Hall–Kier alpha value is -3.21. The van der Waals surface area contributed by atoms with E-state index >= 15 is 0 Å². The van der Waals surface area contributed by atoms with Crippen molar-refractivity contribution in [1.82, 2.24) is 4.90 Å². The van der Waals surface area contributed by atoms with Crippen LogP contribution in [0.2, 0.25) is 0 Å². The van der Waals surface area contributed by atoms with E-state index in [0.717, 1.165) is 10.6 Å². The third-order valence-electron chi connectivity index (χ3n) is 4.41. The number of nitrogens with zero attached hydrogens (tertiary/aromatic N) is 2. The van der Waals surface area contributed by atoms with Crippen molar-refractivity contribution in [3.8, 4) is 5.75 Å². The number of sulfonamides is 1. The number of likely N-dealkylation sites (N-methyl/N-ethyl adjacent to an activating group) is 1. The van der Waals surface area contributed by atoms with Crippen LogP contribution in [-0.2, 0) is 30.9 Å². The van der Waals surface area contributed by atoms with E-state index in [1.165, 1.54) is 36.2 Å². The minimum atomic E-state index is -3.76. The minimum Gasteiger partial charge on any atom is -0.454 e. The van der Waals surface area contributed by atoms with Crippen LogP contribution in [0.1, 0.15) is 11.1 Å². The first-order valence-corrected chi connectivity index (χ1v) is 11.3. The van der Waals surface area contributed by atoms with E-state index in [9.17, 15) is 26.8 Å². The zero-order valence-corrected chi connectivity index (χ0v) is 18.6. The Kier molecular flexibility index (Phi) is 8.53. The van der Waals surface area contributed by atoms with Gasteiger partial charge in [0, 0.05) is 13.6 Å². The first-order chi connectivity index (χ1) is 15.0. The molecule has 174 valence electrons. The van der Waals surface area contributed by atoms with E-state index in [0.29, 0.717) is 16.8 Å². The number of alkyl halides is 2. The summed E-state index contributed by atoms with van der Waals surface area (Å²) in [5, 5.41) is 0. The molecule has 0 spiro atoms. The van der Waals surface area contributed by atoms with Gasteiger partial charge in [0.05, 0.1) is 11.9 Å². The van der Waals surface area contributed by atoms with E-state index in [-0.39, 0.29) is 12.3 Å². The second-order valence-electron chi connectivity index (χ2n) is 6.99. The molecule has 0 aliphatic heterocycles. The first kappa shape index (κ1) is 25.1. The van der Waals surface area contributed by atoms with E-state index in [4.69, 9.17) is 4.74 Å². The Morgan fingerprint density at radius 1 is 1.06 bits per heavy atom. The Morgan fingerprint density at radius 2 is 1.69 bits per heavy atom. The molecule has 0 bridgehead atoms. The summed E-state index contributed by atoms with van der Waals surface area (Å²) in [5.41, 5.74) is 1.65. The van der Waals surface area contributed by atoms with Crippen molar-refractivity contribution in [3.63, 3.8) is 0 Å². The average molecular weight is 470 g/mol. The number of para-hydroxylation sites is 1. The third-order valence-corrected chi connectivity index (χ3v) is 5.53. The summed E-state index contributed by atoms with van der Waals surface area (Å²) < 4.78 is 58.8. The number of anilines is 1. The smallest absolute Gasteiger partial charge is 0.387 e.